The summed E-state index contributed by atoms with van der Waals surface area (Å²) in [7, 11) is 0. The molecule has 0 radical (unpaired) electrons. The normalized spacial score (nSPS) is 21.1. The van der Waals surface area contributed by atoms with Gasteiger partial charge in [-0.25, -0.2) is 19.1 Å². The number of nitrogens with zero attached hydrogens (tertiary/aromatic N) is 3. The summed E-state index contributed by atoms with van der Waals surface area (Å²) in [6.07, 6.45) is 1.40. The quantitative estimate of drug-likeness (QED) is 0.511. The van der Waals surface area contributed by atoms with Gasteiger partial charge in [0.1, 0.15) is 15.8 Å². The third-order valence-corrected chi connectivity index (χ3v) is 5.70. The molecule has 2 fully saturated rings. The van der Waals surface area contributed by atoms with Crippen LogP contribution in [0.15, 0.2) is 30.3 Å². The molecule has 1 unspecified atom stereocenters. The van der Waals surface area contributed by atoms with Crippen LogP contribution < -0.4 is 9.64 Å². The second kappa shape index (κ2) is 7.46. The number of fused-ring (bicyclic) bond motifs is 1. The van der Waals surface area contributed by atoms with E-state index in [1.54, 1.807) is 24.0 Å². The minimum absolute atomic E-state index is 0.0859. The maximum Gasteiger partial charge on any atom is 0.332 e. The molecule has 9 heteroatoms. The van der Waals surface area contributed by atoms with Crippen LogP contribution in [-0.4, -0.2) is 40.5 Å². The first kappa shape index (κ1) is 19.9. The van der Waals surface area contributed by atoms with Gasteiger partial charge in [0.2, 0.25) is 0 Å². The first-order chi connectivity index (χ1) is 13.9. The summed E-state index contributed by atoms with van der Waals surface area (Å²) < 4.78 is 19.6. The highest BCUT2D eigenvalue weighted by molar-refractivity contribution is 6.33. The van der Waals surface area contributed by atoms with Gasteiger partial charge in [-0.15, -0.1) is 0 Å². The lowest BCUT2D eigenvalue weighted by atomic mass is 9.88. The Labute approximate surface area is 177 Å². The Morgan fingerprint density at radius 2 is 1.93 bits per heavy atom. The number of anilines is 1. The lowest BCUT2D eigenvalue weighted by Gasteiger charge is -2.28. The van der Waals surface area contributed by atoms with Crippen molar-refractivity contribution in [2.24, 2.45) is 0 Å². The third-order valence-electron chi connectivity index (χ3n) is 5.31. The SMILES string of the molecule is CCOc1ccc(CC23CCCN2C(=O)N(c2cc(Cl)nc(Cl)c2)C3=O)cc1F. The highest BCUT2D eigenvalue weighted by Crippen LogP contribution is 2.43. The predicted octanol–water partition coefficient (Wildman–Crippen LogP) is 4.47. The standard InChI is InChI=1S/C20H18Cl2FN3O3/c1-2-29-15-5-4-12(8-14(15)23)11-20-6-3-7-25(20)19(28)26(18(20)27)13-9-16(21)24-17(22)10-13/h4-5,8-10H,2-3,6-7,11H2,1H3. The summed E-state index contributed by atoms with van der Waals surface area (Å²) in [5, 5.41) is 0.172. The van der Waals surface area contributed by atoms with Crippen molar-refractivity contribution in [3.8, 4) is 5.75 Å². The summed E-state index contributed by atoms with van der Waals surface area (Å²) in [5.74, 6) is -0.701. The molecule has 0 spiro atoms. The molecule has 3 heterocycles. The van der Waals surface area contributed by atoms with E-state index in [1.807, 2.05) is 0 Å². The van der Waals surface area contributed by atoms with Crippen molar-refractivity contribution < 1.29 is 18.7 Å². The van der Waals surface area contributed by atoms with Gasteiger partial charge in [-0.3, -0.25) is 4.79 Å². The molecular weight excluding hydrogens is 420 g/mol. The number of hydrogen-bond donors (Lipinski definition) is 0. The van der Waals surface area contributed by atoms with Crippen molar-refractivity contribution in [2.45, 2.75) is 31.7 Å². The first-order valence-electron chi connectivity index (χ1n) is 9.26. The number of ether oxygens (including phenoxy) is 1. The maximum absolute atomic E-state index is 14.3. The average molecular weight is 438 g/mol. The molecule has 29 heavy (non-hydrogen) atoms. The van der Waals surface area contributed by atoms with Crippen molar-refractivity contribution in [3.05, 3.63) is 52.0 Å². The second-order valence-electron chi connectivity index (χ2n) is 7.06. The second-order valence-corrected chi connectivity index (χ2v) is 7.83. The molecule has 1 aromatic carbocycles. The van der Waals surface area contributed by atoms with Crippen molar-refractivity contribution in [1.29, 1.82) is 0 Å². The van der Waals surface area contributed by atoms with Gasteiger partial charge < -0.3 is 9.64 Å². The van der Waals surface area contributed by atoms with Crippen LogP contribution in [0.3, 0.4) is 0 Å². The van der Waals surface area contributed by atoms with E-state index in [9.17, 15) is 14.0 Å². The van der Waals surface area contributed by atoms with Crippen molar-refractivity contribution in [3.63, 3.8) is 0 Å². The number of amides is 3. The van der Waals surface area contributed by atoms with Gasteiger partial charge in [-0.05, 0) is 49.6 Å². The molecule has 0 bridgehead atoms. The fourth-order valence-electron chi connectivity index (χ4n) is 4.13. The highest BCUT2D eigenvalue weighted by atomic mass is 35.5. The molecule has 0 aliphatic carbocycles. The van der Waals surface area contributed by atoms with E-state index in [1.165, 1.54) is 18.2 Å². The lowest BCUT2D eigenvalue weighted by molar-refractivity contribution is -0.123. The first-order valence-corrected chi connectivity index (χ1v) is 10.0. The van der Waals surface area contributed by atoms with E-state index in [2.05, 4.69) is 4.98 Å². The molecular formula is C20H18Cl2FN3O3. The molecule has 1 atom stereocenters. The van der Waals surface area contributed by atoms with E-state index in [-0.39, 0.29) is 34.1 Å². The molecule has 6 nitrogen and oxygen atoms in total. The van der Waals surface area contributed by atoms with E-state index >= 15 is 0 Å². The van der Waals surface area contributed by atoms with Crippen LogP contribution in [0.1, 0.15) is 25.3 Å². The van der Waals surface area contributed by atoms with Gasteiger partial charge in [-0.1, -0.05) is 29.3 Å². The minimum Gasteiger partial charge on any atom is -0.491 e. The van der Waals surface area contributed by atoms with Crippen LogP contribution in [0.2, 0.25) is 10.3 Å². The summed E-state index contributed by atoms with van der Waals surface area (Å²) in [6, 6.07) is 7.05. The Hall–Kier alpha value is -2.38. The Morgan fingerprint density at radius 3 is 2.59 bits per heavy atom. The molecule has 2 saturated heterocycles. The zero-order valence-electron chi connectivity index (χ0n) is 15.6. The molecule has 1 aromatic heterocycles. The smallest absolute Gasteiger partial charge is 0.332 e. The van der Waals surface area contributed by atoms with Crippen LogP contribution in [0.4, 0.5) is 14.9 Å². The predicted molar refractivity (Wildman–Crippen MR) is 107 cm³/mol. The number of pyridine rings is 1. The fourth-order valence-corrected chi connectivity index (χ4v) is 4.58. The van der Waals surface area contributed by atoms with Crippen LogP contribution >= 0.6 is 23.2 Å². The largest absolute Gasteiger partial charge is 0.491 e. The van der Waals surface area contributed by atoms with Gasteiger partial charge >= 0.3 is 6.03 Å². The van der Waals surface area contributed by atoms with E-state index in [0.717, 1.165) is 4.90 Å². The van der Waals surface area contributed by atoms with Crippen molar-refractivity contribution in [1.82, 2.24) is 9.88 Å². The Morgan fingerprint density at radius 1 is 1.21 bits per heavy atom. The number of carbonyl (C=O) groups excluding carboxylic acids is 2. The molecule has 2 aliphatic rings. The van der Waals surface area contributed by atoms with Crippen molar-refractivity contribution >= 4 is 40.8 Å². The number of imide groups is 1. The molecule has 0 saturated carbocycles. The Balaban J connectivity index is 1.69. The fraction of sp³-hybridized carbons (Fsp3) is 0.350. The van der Waals surface area contributed by atoms with E-state index in [0.29, 0.717) is 31.6 Å². The Bertz CT molecular complexity index is 983. The van der Waals surface area contributed by atoms with Gasteiger partial charge in [0.05, 0.1) is 12.3 Å². The number of halogens is 3. The monoisotopic (exact) mass is 437 g/mol. The van der Waals surface area contributed by atoms with Gasteiger partial charge in [0.25, 0.3) is 5.91 Å². The summed E-state index contributed by atoms with van der Waals surface area (Å²) in [4.78, 5) is 33.0. The highest BCUT2D eigenvalue weighted by Gasteiger charge is 2.59. The van der Waals surface area contributed by atoms with Crippen LogP contribution in [0, 0.1) is 5.82 Å². The number of benzene rings is 1. The van der Waals surface area contributed by atoms with Crippen LogP contribution in [0.25, 0.3) is 0 Å². The summed E-state index contributed by atoms with van der Waals surface area (Å²) >= 11 is 11.9. The number of rotatable bonds is 5. The molecule has 3 amide bonds. The molecule has 0 N–H and O–H groups in total. The maximum atomic E-state index is 14.3. The summed E-state index contributed by atoms with van der Waals surface area (Å²) in [5.41, 5.74) is -0.165. The minimum atomic E-state index is -1.06. The van der Waals surface area contributed by atoms with E-state index < -0.39 is 17.4 Å². The van der Waals surface area contributed by atoms with E-state index in [4.69, 9.17) is 27.9 Å². The summed E-state index contributed by atoms with van der Waals surface area (Å²) in [6.45, 7) is 2.58. The Kier molecular flexibility index (Phi) is 5.12. The number of urea groups is 1. The van der Waals surface area contributed by atoms with Crippen molar-refractivity contribution in [2.75, 3.05) is 18.1 Å². The molecule has 2 aromatic rings. The number of hydrogen-bond acceptors (Lipinski definition) is 4. The number of aromatic nitrogens is 1. The average Bonchev–Trinajstić information content (AvgIpc) is 3.15. The topological polar surface area (TPSA) is 62.7 Å². The van der Waals surface area contributed by atoms with Crippen LogP contribution in [0.5, 0.6) is 5.75 Å². The van der Waals surface area contributed by atoms with Gasteiger partial charge in [0.15, 0.2) is 11.6 Å². The lowest BCUT2D eigenvalue weighted by Crippen LogP contribution is -2.47. The zero-order chi connectivity index (χ0) is 20.8. The number of carbonyl (C=O) groups is 2. The third kappa shape index (κ3) is 3.32. The molecule has 2 aliphatic heterocycles. The van der Waals surface area contributed by atoms with Crippen LogP contribution in [-0.2, 0) is 11.2 Å². The zero-order valence-corrected chi connectivity index (χ0v) is 17.1. The van der Waals surface area contributed by atoms with Gasteiger partial charge in [-0.2, -0.15) is 0 Å². The molecule has 4 rings (SSSR count). The molecule has 152 valence electrons. The van der Waals surface area contributed by atoms with Gasteiger partial charge in [0, 0.05) is 13.0 Å².